The van der Waals surface area contributed by atoms with E-state index in [1.54, 1.807) is 12.1 Å². The van der Waals surface area contributed by atoms with E-state index in [9.17, 15) is 4.39 Å². The molecule has 0 bridgehead atoms. The molecule has 0 aromatic heterocycles. The monoisotopic (exact) mass is 270 g/mol. The van der Waals surface area contributed by atoms with Crippen molar-refractivity contribution in [3.8, 4) is 0 Å². The molecule has 4 heteroatoms. The van der Waals surface area contributed by atoms with Gasteiger partial charge >= 0.3 is 0 Å². The number of benzene rings is 1. The van der Waals surface area contributed by atoms with Gasteiger partial charge in [-0.3, -0.25) is 4.90 Å². The minimum atomic E-state index is -0.181. The number of hydrogen-bond acceptors (Lipinski definition) is 2. The molecule has 100 valence electrons. The van der Waals surface area contributed by atoms with Crippen LogP contribution >= 0.6 is 11.6 Å². The van der Waals surface area contributed by atoms with Gasteiger partial charge < -0.3 is 5.32 Å². The van der Waals surface area contributed by atoms with Crippen LogP contribution in [-0.2, 0) is 0 Å². The Morgan fingerprint density at radius 1 is 1.39 bits per heavy atom. The summed E-state index contributed by atoms with van der Waals surface area (Å²) in [6.45, 7) is 5.97. The predicted molar refractivity (Wildman–Crippen MR) is 73.5 cm³/mol. The Morgan fingerprint density at radius 3 is 2.72 bits per heavy atom. The third kappa shape index (κ3) is 3.02. The van der Waals surface area contributed by atoms with Crippen molar-refractivity contribution < 1.29 is 4.39 Å². The molecule has 1 aromatic rings. The summed E-state index contributed by atoms with van der Waals surface area (Å²) in [7, 11) is 0. The Morgan fingerprint density at radius 2 is 2.11 bits per heavy atom. The van der Waals surface area contributed by atoms with Crippen LogP contribution in [0.2, 0.25) is 5.02 Å². The van der Waals surface area contributed by atoms with Gasteiger partial charge in [-0.2, -0.15) is 0 Å². The molecule has 1 fully saturated rings. The SMILES string of the molecule is CCC[C@H](c1c(F)cccc1Cl)N1CCNCC1. The zero-order valence-electron chi connectivity index (χ0n) is 10.8. The fourth-order valence-corrected chi connectivity index (χ4v) is 2.89. The summed E-state index contributed by atoms with van der Waals surface area (Å²) in [5.41, 5.74) is 0.669. The summed E-state index contributed by atoms with van der Waals surface area (Å²) in [6, 6.07) is 5.06. The molecule has 2 rings (SSSR count). The van der Waals surface area contributed by atoms with E-state index in [-0.39, 0.29) is 11.9 Å². The molecule has 1 saturated heterocycles. The number of hydrogen-bond donors (Lipinski definition) is 1. The maximum Gasteiger partial charge on any atom is 0.129 e. The van der Waals surface area contributed by atoms with Gasteiger partial charge in [0.2, 0.25) is 0 Å². The second-order valence-electron chi connectivity index (χ2n) is 4.73. The number of nitrogens with zero attached hydrogens (tertiary/aromatic N) is 1. The lowest BCUT2D eigenvalue weighted by atomic mass is 9.99. The molecule has 1 atom stereocenters. The Bertz CT molecular complexity index is 371. The van der Waals surface area contributed by atoms with Crippen LogP contribution in [0.5, 0.6) is 0 Å². The van der Waals surface area contributed by atoms with Crippen LogP contribution in [0.15, 0.2) is 18.2 Å². The lowest BCUT2D eigenvalue weighted by molar-refractivity contribution is 0.161. The first-order valence-corrected chi connectivity index (χ1v) is 7.00. The van der Waals surface area contributed by atoms with E-state index in [2.05, 4.69) is 17.1 Å². The van der Waals surface area contributed by atoms with Gasteiger partial charge in [-0.1, -0.05) is 31.0 Å². The van der Waals surface area contributed by atoms with Gasteiger partial charge in [-0.25, -0.2) is 4.39 Å². The number of halogens is 2. The molecule has 0 saturated carbocycles. The van der Waals surface area contributed by atoms with Gasteiger partial charge in [0.05, 0.1) is 0 Å². The highest BCUT2D eigenvalue weighted by Crippen LogP contribution is 2.33. The fourth-order valence-electron chi connectivity index (χ4n) is 2.61. The molecule has 1 heterocycles. The molecule has 0 aliphatic carbocycles. The van der Waals surface area contributed by atoms with Crippen molar-refractivity contribution in [1.29, 1.82) is 0 Å². The van der Waals surface area contributed by atoms with Crippen LogP contribution in [0.25, 0.3) is 0 Å². The highest BCUT2D eigenvalue weighted by Gasteiger charge is 2.25. The second-order valence-corrected chi connectivity index (χ2v) is 5.13. The molecule has 0 radical (unpaired) electrons. The van der Waals surface area contributed by atoms with Gasteiger partial charge in [0.25, 0.3) is 0 Å². The first-order valence-electron chi connectivity index (χ1n) is 6.62. The Hall–Kier alpha value is -0.640. The predicted octanol–water partition coefficient (Wildman–Crippen LogP) is 3.23. The van der Waals surface area contributed by atoms with Crippen molar-refractivity contribution in [2.75, 3.05) is 26.2 Å². The van der Waals surface area contributed by atoms with Gasteiger partial charge in [0.1, 0.15) is 5.82 Å². The fraction of sp³-hybridized carbons (Fsp3) is 0.571. The maximum atomic E-state index is 14.1. The molecule has 0 spiro atoms. The smallest absolute Gasteiger partial charge is 0.129 e. The van der Waals surface area contributed by atoms with Crippen LogP contribution in [0.3, 0.4) is 0 Å². The van der Waals surface area contributed by atoms with Crippen molar-refractivity contribution in [3.05, 3.63) is 34.6 Å². The molecule has 1 aromatic carbocycles. The van der Waals surface area contributed by atoms with E-state index >= 15 is 0 Å². The summed E-state index contributed by atoms with van der Waals surface area (Å²) in [5.74, 6) is -0.181. The third-order valence-electron chi connectivity index (χ3n) is 3.49. The van der Waals surface area contributed by atoms with Gasteiger partial charge in [-0.05, 0) is 18.6 Å². The van der Waals surface area contributed by atoms with E-state index in [0.29, 0.717) is 10.6 Å². The van der Waals surface area contributed by atoms with Gasteiger partial charge in [0.15, 0.2) is 0 Å². The van der Waals surface area contributed by atoms with Crippen molar-refractivity contribution in [3.63, 3.8) is 0 Å². The van der Waals surface area contributed by atoms with Gasteiger partial charge in [0, 0.05) is 42.8 Å². The summed E-state index contributed by atoms with van der Waals surface area (Å²) in [6.07, 6.45) is 1.97. The Labute approximate surface area is 113 Å². The van der Waals surface area contributed by atoms with E-state index in [0.717, 1.165) is 39.0 Å². The van der Waals surface area contributed by atoms with E-state index in [1.165, 1.54) is 6.07 Å². The average Bonchev–Trinajstić information content (AvgIpc) is 2.38. The standard InChI is InChI=1S/C14H20ClFN2/c1-2-4-13(18-9-7-17-8-10-18)14-11(15)5-3-6-12(14)16/h3,5-6,13,17H,2,4,7-10H2,1H3/t13-/m1/s1. The van der Waals surface area contributed by atoms with E-state index < -0.39 is 0 Å². The topological polar surface area (TPSA) is 15.3 Å². The minimum absolute atomic E-state index is 0.103. The molecule has 1 aliphatic heterocycles. The first kappa shape index (κ1) is 13.8. The molecule has 2 nitrogen and oxygen atoms in total. The molecule has 18 heavy (non-hydrogen) atoms. The van der Waals surface area contributed by atoms with Crippen LogP contribution in [-0.4, -0.2) is 31.1 Å². The second kappa shape index (κ2) is 6.50. The normalized spacial score (nSPS) is 18.8. The number of nitrogens with one attached hydrogen (secondary N) is 1. The molecule has 1 aliphatic rings. The van der Waals surface area contributed by atoms with E-state index in [1.807, 2.05) is 0 Å². The summed E-state index contributed by atoms with van der Waals surface area (Å²) in [5, 5.41) is 3.87. The van der Waals surface area contributed by atoms with Crippen molar-refractivity contribution in [1.82, 2.24) is 10.2 Å². The van der Waals surface area contributed by atoms with Crippen molar-refractivity contribution in [2.24, 2.45) is 0 Å². The van der Waals surface area contributed by atoms with Crippen molar-refractivity contribution in [2.45, 2.75) is 25.8 Å². The Kier molecular flexibility index (Phi) is 4.98. The van der Waals surface area contributed by atoms with Crippen LogP contribution in [0, 0.1) is 5.82 Å². The molecule has 0 unspecified atom stereocenters. The van der Waals surface area contributed by atoms with Crippen molar-refractivity contribution >= 4 is 11.6 Å². The highest BCUT2D eigenvalue weighted by molar-refractivity contribution is 6.31. The highest BCUT2D eigenvalue weighted by atomic mass is 35.5. The molecular formula is C14H20ClFN2. The summed E-state index contributed by atoms with van der Waals surface area (Å²) < 4.78 is 14.1. The largest absolute Gasteiger partial charge is 0.314 e. The Balaban J connectivity index is 2.28. The molecule has 1 N–H and O–H groups in total. The van der Waals surface area contributed by atoms with Crippen LogP contribution in [0.4, 0.5) is 4.39 Å². The molecule has 0 amide bonds. The zero-order chi connectivity index (χ0) is 13.0. The average molecular weight is 271 g/mol. The number of rotatable bonds is 4. The quantitative estimate of drug-likeness (QED) is 0.904. The van der Waals surface area contributed by atoms with E-state index in [4.69, 9.17) is 11.6 Å². The maximum absolute atomic E-state index is 14.1. The van der Waals surface area contributed by atoms with Crippen LogP contribution < -0.4 is 5.32 Å². The minimum Gasteiger partial charge on any atom is -0.314 e. The van der Waals surface area contributed by atoms with Gasteiger partial charge in [-0.15, -0.1) is 0 Å². The first-order chi connectivity index (χ1) is 8.74. The van der Waals surface area contributed by atoms with Crippen LogP contribution in [0.1, 0.15) is 31.4 Å². The zero-order valence-corrected chi connectivity index (χ0v) is 11.5. The number of piperazine rings is 1. The summed E-state index contributed by atoms with van der Waals surface area (Å²) >= 11 is 6.20. The summed E-state index contributed by atoms with van der Waals surface area (Å²) in [4.78, 5) is 2.34. The lowest BCUT2D eigenvalue weighted by Crippen LogP contribution is -2.45. The third-order valence-corrected chi connectivity index (χ3v) is 3.82. The molecular weight excluding hydrogens is 251 g/mol. The lowest BCUT2D eigenvalue weighted by Gasteiger charge is -2.35.